The minimum Gasteiger partial charge on any atom is -0.493 e. The van der Waals surface area contributed by atoms with Gasteiger partial charge in [-0.25, -0.2) is 0 Å². The molecule has 2 N–H and O–H groups in total. The maximum atomic E-state index is 6.82. The molecule has 0 radical (unpaired) electrons. The molecule has 3 nitrogen and oxygen atoms in total. The largest absolute Gasteiger partial charge is 0.493 e. The van der Waals surface area contributed by atoms with Gasteiger partial charge in [0.25, 0.3) is 0 Å². The van der Waals surface area contributed by atoms with E-state index in [1.807, 2.05) is 0 Å². The third-order valence-corrected chi connectivity index (χ3v) is 5.56. The number of hydrogen-bond acceptors (Lipinski definition) is 3. The van der Waals surface area contributed by atoms with Crippen LogP contribution in [0.3, 0.4) is 0 Å². The first kappa shape index (κ1) is 14.9. The fourth-order valence-corrected chi connectivity index (χ4v) is 4.31. The molecule has 0 spiro atoms. The predicted octanol–water partition coefficient (Wildman–Crippen LogP) is 3.13. The second kappa shape index (κ2) is 5.62. The number of nitrogens with two attached hydrogens (primary N) is 1. The van der Waals surface area contributed by atoms with Crippen molar-refractivity contribution in [1.82, 2.24) is 4.90 Å². The lowest BCUT2D eigenvalue weighted by atomic mass is 9.69. The van der Waals surface area contributed by atoms with Crippen LogP contribution in [0.5, 0.6) is 5.75 Å². The number of likely N-dealkylation sites (N-methyl/N-ethyl adjacent to an activating group) is 1. The number of rotatable bonds is 3. The van der Waals surface area contributed by atoms with Crippen molar-refractivity contribution < 1.29 is 4.74 Å². The molecule has 1 aromatic rings. The molecule has 0 amide bonds. The zero-order chi connectivity index (χ0) is 15.0. The molecular weight excluding hydrogens is 260 g/mol. The lowest BCUT2D eigenvalue weighted by Crippen LogP contribution is -2.54. The number of nitrogens with zero attached hydrogens (tertiary/aromatic N) is 1. The van der Waals surface area contributed by atoms with Gasteiger partial charge in [-0.2, -0.15) is 0 Å². The molecule has 3 rings (SSSR count). The lowest BCUT2D eigenvalue weighted by molar-refractivity contribution is 0.0492. The van der Waals surface area contributed by atoms with Crippen molar-refractivity contribution in [3.05, 3.63) is 29.3 Å². The van der Waals surface area contributed by atoms with E-state index in [2.05, 4.69) is 44.1 Å². The van der Waals surface area contributed by atoms with E-state index in [1.165, 1.54) is 36.8 Å². The van der Waals surface area contributed by atoms with Gasteiger partial charge in [0.2, 0.25) is 0 Å². The molecule has 1 aliphatic heterocycles. The third kappa shape index (κ3) is 2.47. The highest BCUT2D eigenvalue weighted by Crippen LogP contribution is 2.46. The normalized spacial score (nSPS) is 30.0. The molecule has 0 saturated heterocycles. The summed E-state index contributed by atoms with van der Waals surface area (Å²) in [5, 5.41) is 0. The summed E-state index contributed by atoms with van der Waals surface area (Å²) in [6.45, 7) is 3.15. The van der Waals surface area contributed by atoms with E-state index in [0.717, 1.165) is 24.7 Å². The van der Waals surface area contributed by atoms with Gasteiger partial charge in [0.05, 0.1) is 12.6 Å². The van der Waals surface area contributed by atoms with Crippen LogP contribution >= 0.6 is 0 Å². The molecule has 1 aliphatic carbocycles. The van der Waals surface area contributed by atoms with Crippen LogP contribution in [0.1, 0.15) is 49.8 Å². The average Bonchev–Trinajstić information content (AvgIpc) is 2.94. The molecule has 0 bridgehead atoms. The Labute approximate surface area is 128 Å². The van der Waals surface area contributed by atoms with Crippen molar-refractivity contribution in [2.45, 2.75) is 50.6 Å². The van der Waals surface area contributed by atoms with E-state index in [1.54, 1.807) is 0 Å². The van der Waals surface area contributed by atoms with E-state index >= 15 is 0 Å². The first-order chi connectivity index (χ1) is 10.0. The molecule has 1 fully saturated rings. The van der Waals surface area contributed by atoms with Crippen LogP contribution in [0.25, 0.3) is 0 Å². The Balaban J connectivity index is 1.99. The number of para-hydroxylation sites is 1. The second-order valence-corrected chi connectivity index (χ2v) is 7.11. The molecule has 3 heteroatoms. The number of fused-ring (bicyclic) bond motifs is 1. The SMILES string of the molecule is CC1CCCC(C(N)c2cccc3c2OCC3)(N(C)C)C1. The lowest BCUT2D eigenvalue weighted by Gasteiger charge is -2.49. The van der Waals surface area contributed by atoms with Gasteiger partial charge in [-0.3, -0.25) is 0 Å². The topological polar surface area (TPSA) is 38.5 Å². The van der Waals surface area contributed by atoms with Gasteiger partial charge in [0.15, 0.2) is 0 Å². The van der Waals surface area contributed by atoms with Crippen molar-refractivity contribution in [3.63, 3.8) is 0 Å². The van der Waals surface area contributed by atoms with Crippen LogP contribution in [0, 0.1) is 5.92 Å². The summed E-state index contributed by atoms with van der Waals surface area (Å²) in [7, 11) is 4.36. The molecule has 21 heavy (non-hydrogen) atoms. The molecule has 0 aromatic heterocycles. The molecular formula is C18H28N2O. The minimum atomic E-state index is 0.0169. The van der Waals surface area contributed by atoms with Crippen LogP contribution in [0.15, 0.2) is 18.2 Å². The van der Waals surface area contributed by atoms with Crippen LogP contribution < -0.4 is 10.5 Å². The van der Waals surface area contributed by atoms with E-state index in [0.29, 0.717) is 0 Å². The third-order valence-electron chi connectivity index (χ3n) is 5.56. The maximum Gasteiger partial charge on any atom is 0.127 e. The van der Waals surface area contributed by atoms with Gasteiger partial charge in [0, 0.05) is 17.5 Å². The van der Waals surface area contributed by atoms with E-state index < -0.39 is 0 Å². The van der Waals surface area contributed by atoms with Gasteiger partial charge in [-0.05, 0) is 38.4 Å². The Hall–Kier alpha value is -1.06. The molecule has 1 heterocycles. The molecule has 2 aliphatic rings. The van der Waals surface area contributed by atoms with Crippen LogP contribution in [0.2, 0.25) is 0 Å². The summed E-state index contributed by atoms with van der Waals surface area (Å²) in [4.78, 5) is 2.36. The fourth-order valence-electron chi connectivity index (χ4n) is 4.31. The predicted molar refractivity (Wildman–Crippen MR) is 86.6 cm³/mol. The van der Waals surface area contributed by atoms with Gasteiger partial charge in [0.1, 0.15) is 5.75 Å². The fraction of sp³-hybridized carbons (Fsp3) is 0.667. The number of benzene rings is 1. The van der Waals surface area contributed by atoms with E-state index in [-0.39, 0.29) is 11.6 Å². The van der Waals surface area contributed by atoms with Crippen LogP contribution in [0.4, 0.5) is 0 Å². The van der Waals surface area contributed by atoms with Gasteiger partial charge in [-0.15, -0.1) is 0 Å². The zero-order valence-electron chi connectivity index (χ0n) is 13.6. The summed E-state index contributed by atoms with van der Waals surface area (Å²) >= 11 is 0. The number of hydrogen-bond donors (Lipinski definition) is 1. The highest BCUT2D eigenvalue weighted by Gasteiger charge is 2.44. The van der Waals surface area contributed by atoms with Gasteiger partial charge < -0.3 is 15.4 Å². The smallest absolute Gasteiger partial charge is 0.127 e. The van der Waals surface area contributed by atoms with E-state index in [9.17, 15) is 0 Å². The first-order valence-electron chi connectivity index (χ1n) is 8.22. The maximum absolute atomic E-state index is 6.82. The summed E-state index contributed by atoms with van der Waals surface area (Å²) < 4.78 is 5.89. The zero-order valence-corrected chi connectivity index (χ0v) is 13.6. The van der Waals surface area contributed by atoms with Crippen LogP contribution in [-0.4, -0.2) is 31.1 Å². The summed E-state index contributed by atoms with van der Waals surface area (Å²) in [5.74, 6) is 1.80. The van der Waals surface area contributed by atoms with Gasteiger partial charge in [-0.1, -0.05) is 38.0 Å². The average molecular weight is 288 g/mol. The van der Waals surface area contributed by atoms with E-state index in [4.69, 9.17) is 10.5 Å². The summed E-state index contributed by atoms with van der Waals surface area (Å²) in [6, 6.07) is 6.49. The standard InChI is InChI=1S/C18H28N2O/c1-13-6-5-10-18(12-13,20(2)3)17(19)15-8-4-7-14-9-11-21-16(14)15/h4,7-8,13,17H,5-6,9-12,19H2,1-3H3. The van der Waals surface area contributed by atoms with Crippen molar-refractivity contribution in [3.8, 4) is 5.75 Å². The summed E-state index contributed by atoms with van der Waals surface area (Å²) in [5.41, 5.74) is 9.40. The number of ether oxygens (including phenoxy) is 1. The molecule has 116 valence electrons. The monoisotopic (exact) mass is 288 g/mol. The Kier molecular flexibility index (Phi) is 3.98. The van der Waals surface area contributed by atoms with Crippen molar-refractivity contribution in [2.24, 2.45) is 11.7 Å². The highest BCUT2D eigenvalue weighted by atomic mass is 16.5. The highest BCUT2D eigenvalue weighted by molar-refractivity contribution is 5.46. The van der Waals surface area contributed by atoms with Crippen LogP contribution in [-0.2, 0) is 6.42 Å². The summed E-state index contributed by atoms with van der Waals surface area (Å²) in [6.07, 6.45) is 5.95. The second-order valence-electron chi connectivity index (χ2n) is 7.11. The molecule has 3 atom stereocenters. The Morgan fingerprint density at radius 3 is 2.90 bits per heavy atom. The van der Waals surface area contributed by atoms with Crippen molar-refractivity contribution >= 4 is 0 Å². The van der Waals surface area contributed by atoms with Gasteiger partial charge >= 0.3 is 0 Å². The Morgan fingerprint density at radius 1 is 1.38 bits per heavy atom. The van der Waals surface area contributed by atoms with Crippen molar-refractivity contribution in [1.29, 1.82) is 0 Å². The van der Waals surface area contributed by atoms with Crippen molar-refractivity contribution in [2.75, 3.05) is 20.7 Å². The minimum absolute atomic E-state index is 0.0169. The quantitative estimate of drug-likeness (QED) is 0.928. The molecule has 1 saturated carbocycles. The Morgan fingerprint density at radius 2 is 2.19 bits per heavy atom. The first-order valence-corrected chi connectivity index (χ1v) is 8.22. The molecule has 1 aromatic carbocycles. The Bertz CT molecular complexity index is 514. The molecule has 3 unspecified atom stereocenters.